The summed E-state index contributed by atoms with van der Waals surface area (Å²) < 4.78 is 9.65. The van der Waals surface area contributed by atoms with Gasteiger partial charge in [0.05, 0.1) is 12.7 Å². The SMILES string of the molecule is C=C(C(=O)OC)C(OC(C)=O)c1ccccc1N=[N+]=[N-]. The Hall–Kier alpha value is -2.79. The topological polar surface area (TPSA) is 101 Å². The van der Waals surface area contributed by atoms with Gasteiger partial charge in [-0.3, -0.25) is 4.79 Å². The highest BCUT2D eigenvalue weighted by molar-refractivity contribution is 5.90. The molecule has 1 atom stereocenters. The molecule has 104 valence electrons. The molecule has 0 aliphatic rings. The normalized spacial score (nSPS) is 10.9. The fraction of sp³-hybridized carbons (Fsp3) is 0.231. The molecule has 7 heteroatoms. The van der Waals surface area contributed by atoms with Gasteiger partial charge >= 0.3 is 11.9 Å². The van der Waals surface area contributed by atoms with Crippen LogP contribution in [0.5, 0.6) is 0 Å². The van der Waals surface area contributed by atoms with E-state index in [1.807, 2.05) is 0 Å². The number of rotatable bonds is 5. The van der Waals surface area contributed by atoms with Crippen LogP contribution in [-0.2, 0) is 19.1 Å². The molecule has 0 aromatic heterocycles. The molecule has 0 spiro atoms. The van der Waals surface area contributed by atoms with Gasteiger partial charge in [0.15, 0.2) is 6.10 Å². The van der Waals surface area contributed by atoms with E-state index in [-0.39, 0.29) is 11.3 Å². The van der Waals surface area contributed by atoms with E-state index in [9.17, 15) is 9.59 Å². The maximum Gasteiger partial charge on any atom is 0.337 e. The van der Waals surface area contributed by atoms with Crippen LogP contribution in [0.25, 0.3) is 10.4 Å². The van der Waals surface area contributed by atoms with E-state index in [2.05, 4.69) is 21.3 Å². The number of ether oxygens (including phenoxy) is 2. The first-order valence-electron chi connectivity index (χ1n) is 5.59. The van der Waals surface area contributed by atoms with E-state index in [1.165, 1.54) is 20.1 Å². The van der Waals surface area contributed by atoms with Gasteiger partial charge in [-0.25, -0.2) is 4.79 Å². The summed E-state index contributed by atoms with van der Waals surface area (Å²) in [5.74, 6) is -1.32. The lowest BCUT2D eigenvalue weighted by Crippen LogP contribution is -2.17. The molecule has 1 aromatic carbocycles. The molecule has 0 bridgehead atoms. The molecule has 0 N–H and O–H groups in total. The van der Waals surface area contributed by atoms with Gasteiger partial charge in [-0.05, 0) is 5.53 Å². The van der Waals surface area contributed by atoms with Crippen LogP contribution >= 0.6 is 0 Å². The summed E-state index contributed by atoms with van der Waals surface area (Å²) in [7, 11) is 1.19. The Morgan fingerprint density at radius 1 is 1.40 bits per heavy atom. The van der Waals surface area contributed by atoms with Gasteiger partial charge in [0, 0.05) is 23.1 Å². The third-order valence-electron chi connectivity index (χ3n) is 2.42. The van der Waals surface area contributed by atoms with Crippen LogP contribution in [0.3, 0.4) is 0 Å². The first-order valence-corrected chi connectivity index (χ1v) is 5.59. The zero-order chi connectivity index (χ0) is 15.1. The number of methoxy groups -OCH3 is 1. The van der Waals surface area contributed by atoms with Crippen LogP contribution in [0, 0.1) is 0 Å². The molecule has 0 fully saturated rings. The number of esters is 2. The monoisotopic (exact) mass is 275 g/mol. The van der Waals surface area contributed by atoms with Crippen LogP contribution in [0.4, 0.5) is 5.69 Å². The predicted octanol–water partition coefficient (Wildman–Crippen LogP) is 2.96. The molecule has 7 nitrogen and oxygen atoms in total. The molecule has 1 unspecified atom stereocenters. The molecule has 0 heterocycles. The Bertz CT molecular complexity index is 591. The molecular formula is C13H13N3O4. The van der Waals surface area contributed by atoms with Gasteiger partial charge in [0.25, 0.3) is 0 Å². The number of nitrogens with zero attached hydrogens (tertiary/aromatic N) is 3. The lowest BCUT2D eigenvalue weighted by molar-refractivity contribution is -0.147. The van der Waals surface area contributed by atoms with Gasteiger partial charge in [-0.15, -0.1) is 0 Å². The number of benzene rings is 1. The largest absolute Gasteiger partial charge is 0.466 e. The standard InChI is InChI=1S/C13H13N3O4/c1-8(13(18)19-3)12(20-9(2)17)10-6-4-5-7-11(10)15-16-14/h4-7,12H,1H2,2-3H3. The van der Waals surface area contributed by atoms with Crippen LogP contribution in [0.15, 0.2) is 41.5 Å². The number of hydrogen-bond acceptors (Lipinski definition) is 5. The number of hydrogen-bond donors (Lipinski definition) is 0. The highest BCUT2D eigenvalue weighted by atomic mass is 16.6. The van der Waals surface area contributed by atoms with E-state index < -0.39 is 18.0 Å². The molecule has 20 heavy (non-hydrogen) atoms. The van der Waals surface area contributed by atoms with Crippen molar-refractivity contribution >= 4 is 17.6 Å². The molecule has 0 amide bonds. The molecular weight excluding hydrogens is 262 g/mol. The zero-order valence-corrected chi connectivity index (χ0v) is 11.1. The second-order valence-electron chi connectivity index (χ2n) is 3.75. The van der Waals surface area contributed by atoms with Crippen molar-refractivity contribution in [3.05, 3.63) is 52.4 Å². The Labute approximate surface area is 115 Å². The van der Waals surface area contributed by atoms with Gasteiger partial charge in [0.2, 0.25) is 0 Å². The molecule has 1 rings (SSSR count). The Morgan fingerprint density at radius 3 is 2.60 bits per heavy atom. The van der Waals surface area contributed by atoms with Crippen molar-refractivity contribution in [3.63, 3.8) is 0 Å². The Balaban J connectivity index is 3.30. The number of carbonyl (C=O) groups is 2. The second-order valence-corrected chi connectivity index (χ2v) is 3.75. The van der Waals surface area contributed by atoms with E-state index in [0.717, 1.165) is 0 Å². The van der Waals surface area contributed by atoms with Crippen molar-refractivity contribution in [1.29, 1.82) is 0 Å². The predicted molar refractivity (Wildman–Crippen MR) is 70.9 cm³/mol. The minimum atomic E-state index is -1.07. The van der Waals surface area contributed by atoms with E-state index >= 15 is 0 Å². The van der Waals surface area contributed by atoms with Crippen molar-refractivity contribution < 1.29 is 19.1 Å². The Kier molecular flexibility index (Phi) is 5.31. The summed E-state index contributed by atoms with van der Waals surface area (Å²) in [6, 6.07) is 6.42. The summed E-state index contributed by atoms with van der Waals surface area (Å²) in [6.45, 7) is 4.77. The zero-order valence-electron chi connectivity index (χ0n) is 11.1. The lowest BCUT2D eigenvalue weighted by atomic mass is 10.0. The Morgan fingerprint density at radius 2 is 2.05 bits per heavy atom. The van der Waals surface area contributed by atoms with Crippen molar-refractivity contribution in [3.8, 4) is 0 Å². The summed E-state index contributed by atoms with van der Waals surface area (Å²) in [5.41, 5.74) is 9.07. The summed E-state index contributed by atoms with van der Waals surface area (Å²) in [5, 5.41) is 3.50. The van der Waals surface area contributed by atoms with Crippen molar-refractivity contribution in [2.45, 2.75) is 13.0 Å². The highest BCUT2D eigenvalue weighted by Gasteiger charge is 2.26. The molecule has 0 radical (unpaired) electrons. The van der Waals surface area contributed by atoms with Gasteiger partial charge in [0.1, 0.15) is 0 Å². The number of azide groups is 1. The van der Waals surface area contributed by atoms with E-state index in [4.69, 9.17) is 10.3 Å². The van der Waals surface area contributed by atoms with E-state index in [1.54, 1.807) is 18.2 Å². The van der Waals surface area contributed by atoms with E-state index in [0.29, 0.717) is 5.56 Å². The molecule has 0 aliphatic carbocycles. The van der Waals surface area contributed by atoms with Crippen LogP contribution in [0.1, 0.15) is 18.6 Å². The maximum atomic E-state index is 11.6. The van der Waals surface area contributed by atoms with Crippen LogP contribution < -0.4 is 0 Å². The summed E-state index contributed by atoms with van der Waals surface area (Å²) >= 11 is 0. The molecule has 1 aromatic rings. The van der Waals surface area contributed by atoms with Crippen molar-refractivity contribution in [2.75, 3.05) is 7.11 Å². The fourth-order valence-corrected chi connectivity index (χ4v) is 1.57. The minimum Gasteiger partial charge on any atom is -0.466 e. The molecule has 0 aliphatic heterocycles. The van der Waals surface area contributed by atoms with Crippen molar-refractivity contribution in [1.82, 2.24) is 0 Å². The highest BCUT2D eigenvalue weighted by Crippen LogP contribution is 2.33. The molecule has 0 saturated heterocycles. The smallest absolute Gasteiger partial charge is 0.337 e. The third-order valence-corrected chi connectivity index (χ3v) is 2.42. The first-order chi connectivity index (χ1) is 9.51. The van der Waals surface area contributed by atoms with Crippen LogP contribution in [0.2, 0.25) is 0 Å². The van der Waals surface area contributed by atoms with Gasteiger partial charge < -0.3 is 9.47 Å². The average molecular weight is 275 g/mol. The third kappa shape index (κ3) is 3.60. The quantitative estimate of drug-likeness (QED) is 0.271. The molecule has 0 saturated carbocycles. The van der Waals surface area contributed by atoms with Gasteiger partial charge in [-0.2, -0.15) is 0 Å². The van der Waals surface area contributed by atoms with Gasteiger partial charge in [-0.1, -0.05) is 36.0 Å². The summed E-state index contributed by atoms with van der Waals surface area (Å²) in [4.78, 5) is 25.4. The first kappa shape index (κ1) is 15.3. The minimum absolute atomic E-state index is 0.0664. The van der Waals surface area contributed by atoms with Crippen molar-refractivity contribution in [2.24, 2.45) is 5.11 Å². The maximum absolute atomic E-state index is 11.6. The summed E-state index contributed by atoms with van der Waals surface area (Å²) in [6.07, 6.45) is -1.07. The average Bonchev–Trinajstić information content (AvgIpc) is 2.44. The van der Waals surface area contributed by atoms with Crippen LogP contribution in [-0.4, -0.2) is 19.0 Å². The fourth-order valence-electron chi connectivity index (χ4n) is 1.57. The second kappa shape index (κ2) is 6.96. The number of carbonyl (C=O) groups excluding carboxylic acids is 2. The lowest BCUT2D eigenvalue weighted by Gasteiger charge is -2.19.